The van der Waals surface area contributed by atoms with Gasteiger partial charge in [0.1, 0.15) is 0 Å². The van der Waals surface area contributed by atoms with E-state index in [4.69, 9.17) is 13.9 Å². The van der Waals surface area contributed by atoms with Gasteiger partial charge in [-0.1, -0.05) is 158 Å². The van der Waals surface area contributed by atoms with Gasteiger partial charge in [0.25, 0.3) is 8.32 Å². The minimum Gasteiger partial charge on any atom is -0.466 e. The first kappa shape index (κ1) is 44.1. The van der Waals surface area contributed by atoms with Gasteiger partial charge in [-0.15, -0.1) is 0 Å². The van der Waals surface area contributed by atoms with Gasteiger partial charge in [-0.3, -0.25) is 4.79 Å². The van der Waals surface area contributed by atoms with Crippen molar-refractivity contribution in [2.24, 2.45) is 52.3 Å². The maximum atomic E-state index is 13.4. The second-order valence-corrected chi connectivity index (χ2v) is 25.4. The molecule has 4 aliphatic rings. The number of allylic oxidation sites excluding steroid dienone is 1. The molecular weight excluding hydrogens is 741 g/mol. The number of ether oxygens (including phenoxy) is 2. The zero-order chi connectivity index (χ0) is 42.0. The van der Waals surface area contributed by atoms with E-state index in [1.54, 1.807) is 5.57 Å². The third kappa shape index (κ3) is 8.74. The molecule has 0 aromatic heterocycles. The number of rotatable bonds is 15. The van der Waals surface area contributed by atoms with Gasteiger partial charge in [-0.2, -0.15) is 0 Å². The molecule has 0 aliphatic heterocycles. The molecule has 10 atom stereocenters. The smallest absolute Gasteiger partial charge is 0.309 e. The van der Waals surface area contributed by atoms with Crippen LogP contribution < -0.4 is 10.4 Å². The fraction of sp³-hybridized carbons (Fsp3) is 0.611. The Bertz CT molecular complexity index is 1810. The first-order valence-electron chi connectivity index (χ1n) is 23.5. The Kier molecular flexibility index (Phi) is 13.6. The van der Waals surface area contributed by atoms with Crippen molar-refractivity contribution in [3.8, 4) is 0 Å². The molecule has 320 valence electrons. The van der Waals surface area contributed by atoms with E-state index in [1.165, 1.54) is 54.5 Å². The summed E-state index contributed by atoms with van der Waals surface area (Å²) in [6, 6.07) is 33.0. The van der Waals surface area contributed by atoms with E-state index < -0.39 is 8.32 Å². The minimum absolute atomic E-state index is 0.00264. The van der Waals surface area contributed by atoms with Crippen LogP contribution in [-0.4, -0.2) is 33.1 Å². The van der Waals surface area contributed by atoms with Crippen LogP contribution in [0, 0.1) is 52.3 Å². The molecule has 0 N–H and O–H groups in total. The Morgan fingerprint density at radius 1 is 0.797 bits per heavy atom. The molecule has 0 bridgehead atoms. The number of carbonyl (C=O) groups excluding carboxylic acids is 1. The molecule has 59 heavy (non-hydrogen) atoms. The van der Waals surface area contributed by atoms with E-state index in [-0.39, 0.29) is 40.0 Å². The summed E-state index contributed by atoms with van der Waals surface area (Å²) in [7, 11) is -2.63. The number of esters is 1. The lowest BCUT2D eigenvalue weighted by Crippen LogP contribution is -2.68. The van der Waals surface area contributed by atoms with Gasteiger partial charge >= 0.3 is 5.97 Å². The van der Waals surface area contributed by atoms with Crippen molar-refractivity contribution in [2.45, 2.75) is 150 Å². The zero-order valence-corrected chi connectivity index (χ0v) is 39.1. The highest BCUT2D eigenvalue weighted by molar-refractivity contribution is 6.99. The minimum atomic E-state index is -2.63. The first-order valence-corrected chi connectivity index (χ1v) is 25.4. The molecule has 4 aliphatic carbocycles. The van der Waals surface area contributed by atoms with Crippen LogP contribution in [0.1, 0.15) is 132 Å². The zero-order valence-electron chi connectivity index (χ0n) is 38.1. The lowest BCUT2D eigenvalue weighted by molar-refractivity contribution is -0.151. The molecule has 5 heteroatoms. The molecule has 3 saturated carbocycles. The predicted octanol–water partition coefficient (Wildman–Crippen LogP) is 12.3. The van der Waals surface area contributed by atoms with Gasteiger partial charge in [0.2, 0.25) is 0 Å². The van der Waals surface area contributed by atoms with Crippen LogP contribution >= 0.6 is 0 Å². The average molecular weight is 817 g/mol. The van der Waals surface area contributed by atoms with Crippen LogP contribution in [0.4, 0.5) is 0 Å². The molecule has 3 aromatic carbocycles. The number of hydrogen-bond donors (Lipinski definition) is 0. The lowest BCUT2D eigenvalue weighted by atomic mass is 9.47. The lowest BCUT2D eigenvalue weighted by Gasteiger charge is -2.59. The van der Waals surface area contributed by atoms with Crippen LogP contribution in [-0.2, 0) is 25.3 Å². The molecule has 0 unspecified atom stereocenters. The largest absolute Gasteiger partial charge is 0.466 e. The van der Waals surface area contributed by atoms with E-state index in [0.29, 0.717) is 31.0 Å². The van der Waals surface area contributed by atoms with E-state index in [9.17, 15) is 4.79 Å². The van der Waals surface area contributed by atoms with Gasteiger partial charge < -0.3 is 13.9 Å². The van der Waals surface area contributed by atoms with Crippen LogP contribution in [0.3, 0.4) is 0 Å². The summed E-state index contributed by atoms with van der Waals surface area (Å²) in [5.74, 6) is 3.33. The summed E-state index contributed by atoms with van der Waals surface area (Å²) >= 11 is 0. The molecular formula is C54H76O4Si. The highest BCUT2D eigenvalue weighted by atomic mass is 28.4. The molecule has 3 aromatic rings. The van der Waals surface area contributed by atoms with Gasteiger partial charge in [0.05, 0.1) is 25.2 Å². The Balaban J connectivity index is 1.11. The second-order valence-electron chi connectivity index (χ2n) is 21.1. The highest BCUT2D eigenvalue weighted by Crippen LogP contribution is 2.67. The Hall–Kier alpha value is -2.99. The van der Waals surface area contributed by atoms with Crippen molar-refractivity contribution < 1.29 is 18.7 Å². The van der Waals surface area contributed by atoms with E-state index in [2.05, 4.69) is 152 Å². The maximum absolute atomic E-state index is 13.4. The molecule has 0 heterocycles. The normalized spacial score (nSPS) is 29.7. The predicted molar refractivity (Wildman–Crippen MR) is 246 cm³/mol. The van der Waals surface area contributed by atoms with Crippen molar-refractivity contribution in [3.05, 3.63) is 108 Å². The topological polar surface area (TPSA) is 44.8 Å². The van der Waals surface area contributed by atoms with Crippen molar-refractivity contribution in [2.75, 3.05) is 6.61 Å². The monoisotopic (exact) mass is 817 g/mol. The second kappa shape index (κ2) is 18.2. The van der Waals surface area contributed by atoms with E-state index in [1.807, 2.05) is 6.92 Å². The highest BCUT2D eigenvalue weighted by Gasteiger charge is 2.60. The number of benzene rings is 3. The fourth-order valence-electron chi connectivity index (χ4n) is 13.4. The summed E-state index contributed by atoms with van der Waals surface area (Å²) in [4.78, 5) is 13.4. The molecule has 4 nitrogen and oxygen atoms in total. The van der Waals surface area contributed by atoms with Gasteiger partial charge in [-0.05, 0) is 138 Å². The molecule has 0 saturated heterocycles. The van der Waals surface area contributed by atoms with E-state index >= 15 is 0 Å². The first-order chi connectivity index (χ1) is 28.2. The Morgan fingerprint density at radius 3 is 2.02 bits per heavy atom. The Labute approximate surface area is 359 Å². The summed E-state index contributed by atoms with van der Waals surface area (Å²) in [6.45, 7) is 22.4. The van der Waals surface area contributed by atoms with Gasteiger partial charge in [-0.25, -0.2) is 0 Å². The number of fused-ring (bicyclic) bond motifs is 5. The van der Waals surface area contributed by atoms with Gasteiger partial charge in [0.15, 0.2) is 0 Å². The molecule has 7 rings (SSSR count). The van der Waals surface area contributed by atoms with Crippen molar-refractivity contribution in [1.82, 2.24) is 0 Å². The van der Waals surface area contributed by atoms with Crippen LogP contribution in [0.2, 0.25) is 5.04 Å². The van der Waals surface area contributed by atoms with Crippen molar-refractivity contribution in [3.63, 3.8) is 0 Å². The molecule has 0 amide bonds. The van der Waals surface area contributed by atoms with E-state index in [0.717, 1.165) is 43.4 Å². The van der Waals surface area contributed by atoms with Crippen LogP contribution in [0.5, 0.6) is 0 Å². The summed E-state index contributed by atoms with van der Waals surface area (Å²) in [5.41, 5.74) is 3.40. The molecule has 0 radical (unpaired) electrons. The molecule has 3 fully saturated rings. The summed E-state index contributed by atoms with van der Waals surface area (Å²) < 4.78 is 20.4. The third-order valence-corrected chi connectivity index (χ3v) is 21.4. The average Bonchev–Trinajstić information content (AvgIpc) is 3.58. The Morgan fingerprint density at radius 2 is 1.42 bits per heavy atom. The third-order valence-electron chi connectivity index (χ3n) is 16.3. The number of carbonyl (C=O) groups is 1. The van der Waals surface area contributed by atoms with Crippen molar-refractivity contribution in [1.29, 1.82) is 0 Å². The van der Waals surface area contributed by atoms with Crippen LogP contribution in [0.25, 0.3) is 0 Å². The van der Waals surface area contributed by atoms with Crippen LogP contribution in [0.15, 0.2) is 103 Å². The quantitative estimate of drug-likeness (QED) is 0.0871. The SMILES string of the molecule is CCOC(=O)[C@@H](CC(C)C)C[C@@H](OCc1ccccc1)[C@@H](C)[C@H]1CC[C@H]2[C@@H]3CC=C4C[C@@H](O[Si](c5ccccc5)(c5ccccc5)C(C)(C)C)CC[C@]4(C)[C@H]3CC[C@]12C. The maximum Gasteiger partial charge on any atom is 0.309 e. The van der Waals surface area contributed by atoms with Crippen molar-refractivity contribution >= 4 is 24.7 Å². The fourth-order valence-corrected chi connectivity index (χ4v) is 18.2. The summed E-state index contributed by atoms with van der Waals surface area (Å²) in [5, 5.41) is 2.74. The standard InChI is InChI=1S/C54H76O4Si/c1-10-56-51(55)41(34-38(2)3)35-50(57-37-40-20-14-11-15-21-40)39(4)47-28-29-48-46-27-26-42-36-43(30-32-53(42,8)49(46)31-33-54(47,48)9)58-59(52(5,6)7,44-22-16-12-17-23-44)45-24-18-13-19-25-45/h11-26,38-39,41,43,46-50H,10,27-37H2,1-9H3/t39-,41-,43-,46-,47+,48-,49-,50+,53-,54+/m0/s1. The molecule has 0 spiro atoms. The van der Waals surface area contributed by atoms with Gasteiger partial charge in [0, 0.05) is 6.10 Å². The summed E-state index contributed by atoms with van der Waals surface area (Å²) in [6.07, 6.45) is 14.3. The number of hydrogen-bond acceptors (Lipinski definition) is 4.